The summed E-state index contributed by atoms with van der Waals surface area (Å²) in [5.41, 5.74) is 4.28. The zero-order valence-corrected chi connectivity index (χ0v) is 12.9. The molecule has 2 aliphatic rings. The molecule has 3 nitrogen and oxygen atoms in total. The van der Waals surface area contributed by atoms with Crippen molar-refractivity contribution in [3.8, 4) is 0 Å². The van der Waals surface area contributed by atoms with E-state index < -0.39 is 0 Å². The molecule has 0 fully saturated rings. The number of esters is 1. The highest BCUT2D eigenvalue weighted by Gasteiger charge is 2.38. The Balaban J connectivity index is 1.96. The first-order valence-corrected chi connectivity index (χ1v) is 7.61. The van der Waals surface area contributed by atoms with Gasteiger partial charge in [0.1, 0.15) is 6.61 Å². The summed E-state index contributed by atoms with van der Waals surface area (Å²) in [5.74, 6) is -0.517. The maximum atomic E-state index is 12.2. The van der Waals surface area contributed by atoms with Crippen molar-refractivity contribution in [3.63, 3.8) is 0 Å². The molecule has 0 spiro atoms. The van der Waals surface area contributed by atoms with E-state index in [1.807, 2.05) is 42.5 Å². The van der Waals surface area contributed by atoms with Gasteiger partial charge in [0.15, 0.2) is 0 Å². The quantitative estimate of drug-likeness (QED) is 0.789. The van der Waals surface area contributed by atoms with Crippen molar-refractivity contribution in [2.45, 2.75) is 5.92 Å². The number of rotatable bonds is 1. The summed E-state index contributed by atoms with van der Waals surface area (Å²) in [6, 6.07) is 13.1. The number of anilines is 1. The third-order valence-corrected chi connectivity index (χ3v) is 4.44. The van der Waals surface area contributed by atoms with Crippen molar-refractivity contribution < 1.29 is 9.53 Å². The van der Waals surface area contributed by atoms with Gasteiger partial charge in [-0.3, -0.25) is 0 Å². The lowest BCUT2D eigenvalue weighted by Crippen LogP contribution is -2.19. The molecule has 0 aromatic heterocycles. The Labute approximate surface area is 137 Å². The van der Waals surface area contributed by atoms with E-state index in [4.69, 9.17) is 27.9 Å². The van der Waals surface area contributed by atoms with Crippen molar-refractivity contribution in [2.75, 3.05) is 11.9 Å². The van der Waals surface area contributed by atoms with E-state index in [1.54, 1.807) is 0 Å². The van der Waals surface area contributed by atoms with Gasteiger partial charge in [0.25, 0.3) is 0 Å². The first-order valence-electron chi connectivity index (χ1n) is 6.85. The van der Waals surface area contributed by atoms with E-state index in [1.165, 1.54) is 0 Å². The number of fused-ring (bicyclic) bond motifs is 1. The van der Waals surface area contributed by atoms with Crippen LogP contribution in [-0.2, 0) is 9.53 Å². The summed E-state index contributed by atoms with van der Waals surface area (Å²) in [6.07, 6.45) is 0. The third kappa shape index (κ3) is 2.09. The molecule has 110 valence electrons. The molecule has 0 saturated heterocycles. The Bertz CT molecular complexity index is 829. The number of hydrogen-bond acceptors (Lipinski definition) is 3. The summed E-state index contributed by atoms with van der Waals surface area (Å²) in [6.45, 7) is 0.271. The van der Waals surface area contributed by atoms with Gasteiger partial charge in [0, 0.05) is 21.7 Å². The minimum Gasteiger partial charge on any atom is -0.456 e. The number of benzene rings is 2. The SMILES string of the molecule is O=C1OCC2=C1C(c1cccc(Cl)c1)c1cc(Cl)ccc1N2. The van der Waals surface area contributed by atoms with Gasteiger partial charge in [-0.2, -0.15) is 0 Å². The lowest BCUT2D eigenvalue weighted by atomic mass is 9.81. The molecule has 0 radical (unpaired) electrons. The molecule has 2 aromatic carbocycles. The molecule has 2 aromatic rings. The van der Waals surface area contributed by atoms with Crippen LogP contribution in [0.3, 0.4) is 0 Å². The molecule has 0 bridgehead atoms. The number of carbonyl (C=O) groups is 1. The van der Waals surface area contributed by atoms with E-state index in [-0.39, 0.29) is 18.5 Å². The first-order chi connectivity index (χ1) is 10.6. The number of cyclic esters (lactones) is 1. The van der Waals surface area contributed by atoms with Gasteiger partial charge in [0.05, 0.1) is 11.3 Å². The Kier molecular flexibility index (Phi) is 3.13. The van der Waals surface area contributed by atoms with Gasteiger partial charge < -0.3 is 10.1 Å². The average Bonchev–Trinajstić information content (AvgIpc) is 2.86. The molecule has 0 amide bonds. The molecule has 22 heavy (non-hydrogen) atoms. The summed E-state index contributed by atoms with van der Waals surface area (Å²) in [4.78, 5) is 12.2. The van der Waals surface area contributed by atoms with Gasteiger partial charge >= 0.3 is 5.97 Å². The summed E-state index contributed by atoms with van der Waals surface area (Å²) < 4.78 is 5.20. The average molecular weight is 332 g/mol. The fourth-order valence-corrected chi connectivity index (χ4v) is 3.43. The van der Waals surface area contributed by atoms with Crippen LogP contribution in [0.15, 0.2) is 53.7 Å². The molecular formula is C17H11Cl2NO2. The molecule has 5 heteroatoms. The normalized spacial score (nSPS) is 19.4. The van der Waals surface area contributed by atoms with Crippen LogP contribution in [0.1, 0.15) is 17.0 Å². The lowest BCUT2D eigenvalue weighted by Gasteiger charge is -2.27. The predicted molar refractivity (Wildman–Crippen MR) is 86.4 cm³/mol. The standard InChI is InChI=1S/C17H11Cl2NO2/c18-10-3-1-2-9(6-10)15-12-7-11(19)4-5-13(12)20-14-8-22-17(21)16(14)15/h1-7,15,20H,8H2. The van der Waals surface area contributed by atoms with Crippen molar-refractivity contribution in [2.24, 2.45) is 0 Å². The topological polar surface area (TPSA) is 38.3 Å². The lowest BCUT2D eigenvalue weighted by molar-refractivity contribution is -0.136. The number of hydrogen-bond donors (Lipinski definition) is 1. The number of ether oxygens (including phenoxy) is 1. The van der Waals surface area contributed by atoms with Crippen LogP contribution >= 0.6 is 23.2 Å². The van der Waals surface area contributed by atoms with Crippen molar-refractivity contribution >= 4 is 34.9 Å². The molecule has 1 N–H and O–H groups in total. The molecule has 2 heterocycles. The molecule has 0 aliphatic carbocycles. The largest absolute Gasteiger partial charge is 0.456 e. The summed E-state index contributed by atoms with van der Waals surface area (Å²) in [5, 5.41) is 4.53. The van der Waals surface area contributed by atoms with Crippen LogP contribution in [0.2, 0.25) is 10.0 Å². The summed E-state index contributed by atoms with van der Waals surface area (Å²) in [7, 11) is 0. The first kappa shape index (κ1) is 13.7. The number of nitrogens with one attached hydrogen (secondary N) is 1. The molecule has 2 aliphatic heterocycles. The second-order valence-electron chi connectivity index (χ2n) is 5.31. The maximum absolute atomic E-state index is 12.2. The van der Waals surface area contributed by atoms with Gasteiger partial charge in [-0.05, 0) is 41.5 Å². The van der Waals surface area contributed by atoms with E-state index in [9.17, 15) is 4.79 Å². The zero-order valence-electron chi connectivity index (χ0n) is 11.4. The van der Waals surface area contributed by atoms with E-state index in [0.717, 1.165) is 22.5 Å². The zero-order chi connectivity index (χ0) is 15.3. The van der Waals surface area contributed by atoms with Crippen molar-refractivity contribution in [3.05, 3.63) is 74.9 Å². The van der Waals surface area contributed by atoms with Crippen LogP contribution in [0, 0.1) is 0 Å². The van der Waals surface area contributed by atoms with E-state index in [0.29, 0.717) is 15.6 Å². The second kappa shape index (κ2) is 5.04. The molecule has 1 atom stereocenters. The van der Waals surface area contributed by atoms with E-state index >= 15 is 0 Å². The summed E-state index contributed by atoms with van der Waals surface area (Å²) >= 11 is 12.3. The highest BCUT2D eigenvalue weighted by molar-refractivity contribution is 6.31. The number of halogens is 2. The minimum absolute atomic E-state index is 0.223. The van der Waals surface area contributed by atoms with Gasteiger partial charge in [-0.15, -0.1) is 0 Å². The van der Waals surface area contributed by atoms with Crippen LogP contribution in [0.4, 0.5) is 5.69 Å². The smallest absolute Gasteiger partial charge is 0.337 e. The van der Waals surface area contributed by atoms with Crippen LogP contribution < -0.4 is 5.32 Å². The van der Waals surface area contributed by atoms with Crippen LogP contribution in [0.25, 0.3) is 0 Å². The molecular weight excluding hydrogens is 321 g/mol. The highest BCUT2D eigenvalue weighted by atomic mass is 35.5. The third-order valence-electron chi connectivity index (χ3n) is 3.97. The molecule has 4 rings (SSSR count). The van der Waals surface area contributed by atoms with Crippen LogP contribution in [0.5, 0.6) is 0 Å². The highest BCUT2D eigenvalue weighted by Crippen LogP contribution is 2.45. The Morgan fingerprint density at radius 1 is 1.09 bits per heavy atom. The number of carbonyl (C=O) groups excluding carboxylic acids is 1. The van der Waals surface area contributed by atoms with Gasteiger partial charge in [-0.25, -0.2) is 4.79 Å². The molecule has 1 unspecified atom stereocenters. The van der Waals surface area contributed by atoms with Gasteiger partial charge in [0.2, 0.25) is 0 Å². The fraction of sp³-hybridized carbons (Fsp3) is 0.118. The monoisotopic (exact) mass is 331 g/mol. The Morgan fingerprint density at radius 3 is 2.73 bits per heavy atom. The van der Waals surface area contributed by atoms with Gasteiger partial charge in [-0.1, -0.05) is 35.3 Å². The van der Waals surface area contributed by atoms with Crippen LogP contribution in [-0.4, -0.2) is 12.6 Å². The minimum atomic E-state index is -0.293. The Hall–Kier alpha value is -1.97. The second-order valence-corrected chi connectivity index (χ2v) is 6.19. The Morgan fingerprint density at radius 2 is 1.91 bits per heavy atom. The van der Waals surface area contributed by atoms with Crippen molar-refractivity contribution in [1.82, 2.24) is 0 Å². The maximum Gasteiger partial charge on any atom is 0.337 e. The predicted octanol–water partition coefficient (Wildman–Crippen LogP) is 4.36. The molecule has 0 saturated carbocycles. The fourth-order valence-electron chi connectivity index (χ4n) is 3.05. The van der Waals surface area contributed by atoms with Crippen molar-refractivity contribution in [1.29, 1.82) is 0 Å². The van der Waals surface area contributed by atoms with E-state index in [2.05, 4.69) is 5.32 Å².